The molecule has 0 saturated carbocycles. The van der Waals surface area contributed by atoms with Crippen LogP contribution in [0.15, 0.2) is 42.5 Å². The van der Waals surface area contributed by atoms with Crippen molar-refractivity contribution in [2.24, 2.45) is 0 Å². The van der Waals surface area contributed by atoms with Crippen molar-refractivity contribution in [3.8, 4) is 0 Å². The predicted molar refractivity (Wildman–Crippen MR) is 75.2 cm³/mol. The fourth-order valence-corrected chi connectivity index (χ4v) is 3.10. The summed E-state index contributed by atoms with van der Waals surface area (Å²) < 4.78 is 5.50. The summed E-state index contributed by atoms with van der Waals surface area (Å²) in [5.41, 5.74) is 0.945. The lowest BCUT2D eigenvalue weighted by molar-refractivity contribution is 0.114. The number of fused-ring (bicyclic) bond motifs is 1. The monoisotopic (exact) mass is 273 g/mol. The first-order valence-electron chi connectivity index (χ1n) is 7.11. The predicted octanol–water partition coefficient (Wildman–Crippen LogP) is 2.65. The largest absolute Gasteiger partial charge is 0.444 e. The number of allylic oxidation sites excluding steroid dienone is 1. The van der Waals surface area contributed by atoms with Crippen LogP contribution in [0.25, 0.3) is 0 Å². The van der Waals surface area contributed by atoms with E-state index in [1.807, 2.05) is 30.3 Å². The van der Waals surface area contributed by atoms with Crippen molar-refractivity contribution < 1.29 is 14.6 Å². The summed E-state index contributed by atoms with van der Waals surface area (Å²) in [6.45, 7) is -0.0912. The van der Waals surface area contributed by atoms with E-state index in [0.29, 0.717) is 0 Å². The molecule has 1 heterocycles. The Hall–Kier alpha value is -1.81. The molecule has 20 heavy (non-hydrogen) atoms. The minimum absolute atomic E-state index is 0.0265. The number of ether oxygens (including phenoxy) is 1. The zero-order valence-corrected chi connectivity index (χ0v) is 11.3. The van der Waals surface area contributed by atoms with Crippen LogP contribution in [0.1, 0.15) is 30.9 Å². The molecule has 1 aliphatic heterocycles. The van der Waals surface area contributed by atoms with Crippen LogP contribution >= 0.6 is 0 Å². The highest BCUT2D eigenvalue weighted by Crippen LogP contribution is 2.35. The Morgan fingerprint density at radius 3 is 2.85 bits per heavy atom. The van der Waals surface area contributed by atoms with E-state index in [9.17, 15) is 9.90 Å². The number of carbonyl (C=O) groups excluding carboxylic acids is 1. The molecule has 3 rings (SSSR count). The second kappa shape index (κ2) is 5.67. The van der Waals surface area contributed by atoms with Gasteiger partial charge in [-0.25, -0.2) is 4.79 Å². The molecule has 0 aromatic heterocycles. The van der Waals surface area contributed by atoms with Crippen molar-refractivity contribution in [1.29, 1.82) is 0 Å². The highest BCUT2D eigenvalue weighted by atomic mass is 16.6. The van der Waals surface area contributed by atoms with Gasteiger partial charge < -0.3 is 9.84 Å². The summed E-state index contributed by atoms with van der Waals surface area (Å²) >= 11 is 0. The Morgan fingerprint density at radius 1 is 1.30 bits per heavy atom. The summed E-state index contributed by atoms with van der Waals surface area (Å²) in [5.74, 6) is 0. The SMILES string of the molecule is O=C1OC2CCC=CCC2N1[C@H](CO)c1ccccc1. The van der Waals surface area contributed by atoms with Gasteiger partial charge in [-0.2, -0.15) is 0 Å². The molecule has 0 radical (unpaired) electrons. The molecule has 2 aliphatic rings. The molecule has 0 spiro atoms. The summed E-state index contributed by atoms with van der Waals surface area (Å²) in [7, 11) is 0. The van der Waals surface area contributed by atoms with Gasteiger partial charge in [0.15, 0.2) is 0 Å². The van der Waals surface area contributed by atoms with Crippen molar-refractivity contribution in [3.63, 3.8) is 0 Å². The van der Waals surface area contributed by atoms with Gasteiger partial charge in [0.2, 0.25) is 0 Å². The van der Waals surface area contributed by atoms with Crippen LogP contribution in [0, 0.1) is 0 Å². The Labute approximate surface area is 118 Å². The van der Waals surface area contributed by atoms with Crippen molar-refractivity contribution in [2.75, 3.05) is 6.61 Å². The van der Waals surface area contributed by atoms with E-state index in [4.69, 9.17) is 4.74 Å². The molecule has 1 amide bonds. The van der Waals surface area contributed by atoms with Gasteiger partial charge in [0.05, 0.1) is 18.7 Å². The molecule has 1 aliphatic carbocycles. The number of hydrogen-bond donors (Lipinski definition) is 1. The maximum atomic E-state index is 12.2. The Balaban J connectivity index is 1.90. The molecule has 2 unspecified atom stereocenters. The number of hydrogen-bond acceptors (Lipinski definition) is 3. The second-order valence-corrected chi connectivity index (χ2v) is 5.29. The smallest absolute Gasteiger partial charge is 0.411 e. The zero-order valence-electron chi connectivity index (χ0n) is 11.3. The van der Waals surface area contributed by atoms with E-state index in [2.05, 4.69) is 12.2 Å². The minimum Gasteiger partial charge on any atom is -0.444 e. The van der Waals surface area contributed by atoms with Crippen LogP contribution in [-0.2, 0) is 4.74 Å². The van der Waals surface area contributed by atoms with Gasteiger partial charge in [-0.05, 0) is 24.8 Å². The molecule has 1 aromatic carbocycles. The Kier molecular flexibility index (Phi) is 3.74. The number of benzene rings is 1. The Morgan fingerprint density at radius 2 is 2.10 bits per heavy atom. The third kappa shape index (κ3) is 2.31. The minimum atomic E-state index is -0.329. The molecule has 106 valence electrons. The van der Waals surface area contributed by atoms with Gasteiger partial charge in [-0.3, -0.25) is 4.90 Å². The van der Waals surface area contributed by atoms with Crippen LogP contribution < -0.4 is 0 Å². The van der Waals surface area contributed by atoms with Crippen LogP contribution in [0.2, 0.25) is 0 Å². The molecule has 3 atom stereocenters. The Bertz CT molecular complexity index is 500. The molecular weight excluding hydrogens is 254 g/mol. The number of nitrogens with zero attached hydrogens (tertiary/aromatic N) is 1. The maximum absolute atomic E-state index is 12.2. The second-order valence-electron chi connectivity index (χ2n) is 5.29. The molecule has 1 fully saturated rings. The number of carbonyl (C=O) groups is 1. The number of aliphatic hydroxyl groups is 1. The number of aliphatic hydroxyl groups excluding tert-OH is 1. The highest BCUT2D eigenvalue weighted by molar-refractivity contribution is 5.71. The third-order valence-corrected chi connectivity index (χ3v) is 4.10. The average molecular weight is 273 g/mol. The average Bonchev–Trinajstić information content (AvgIpc) is 2.65. The first-order valence-corrected chi connectivity index (χ1v) is 7.11. The van der Waals surface area contributed by atoms with E-state index < -0.39 is 0 Å². The first-order chi connectivity index (χ1) is 9.81. The van der Waals surface area contributed by atoms with E-state index in [1.165, 1.54) is 0 Å². The standard InChI is InChI=1S/C16H19NO3/c18-11-14(12-7-3-1-4-8-12)17-13-9-5-2-6-10-15(13)20-16(17)19/h1-5,7-8,13-15,18H,6,9-11H2/t13?,14-,15?/m1/s1. The lowest BCUT2D eigenvalue weighted by Gasteiger charge is -2.30. The quantitative estimate of drug-likeness (QED) is 0.861. The molecule has 1 aromatic rings. The van der Waals surface area contributed by atoms with Gasteiger partial charge in [0.1, 0.15) is 6.10 Å². The zero-order chi connectivity index (χ0) is 13.9. The van der Waals surface area contributed by atoms with E-state index in [-0.39, 0.29) is 30.9 Å². The molecule has 4 heteroatoms. The molecule has 4 nitrogen and oxygen atoms in total. The van der Waals surface area contributed by atoms with Crippen LogP contribution in [0.5, 0.6) is 0 Å². The molecular formula is C16H19NO3. The summed E-state index contributed by atoms with van der Waals surface area (Å²) in [6, 6.07) is 9.34. The van der Waals surface area contributed by atoms with Crippen molar-refractivity contribution in [2.45, 2.75) is 37.5 Å². The fraction of sp³-hybridized carbons (Fsp3) is 0.438. The molecule has 1 N–H and O–H groups in total. The van der Waals surface area contributed by atoms with Gasteiger partial charge in [-0.15, -0.1) is 0 Å². The summed E-state index contributed by atoms with van der Waals surface area (Å²) in [5, 5.41) is 9.75. The van der Waals surface area contributed by atoms with Crippen LogP contribution in [0.3, 0.4) is 0 Å². The number of amides is 1. The normalized spacial score (nSPS) is 26.9. The molecule has 0 bridgehead atoms. The lowest BCUT2D eigenvalue weighted by Crippen LogP contribution is -2.40. The third-order valence-electron chi connectivity index (χ3n) is 4.10. The van der Waals surface area contributed by atoms with Crippen molar-refractivity contribution >= 4 is 6.09 Å². The van der Waals surface area contributed by atoms with Gasteiger partial charge >= 0.3 is 6.09 Å². The summed E-state index contributed by atoms with van der Waals surface area (Å²) in [6.07, 6.45) is 6.47. The maximum Gasteiger partial charge on any atom is 0.411 e. The van der Waals surface area contributed by atoms with Crippen LogP contribution in [0.4, 0.5) is 4.79 Å². The highest BCUT2D eigenvalue weighted by Gasteiger charge is 2.44. The molecule has 1 saturated heterocycles. The van der Waals surface area contributed by atoms with Crippen molar-refractivity contribution in [3.05, 3.63) is 48.0 Å². The van der Waals surface area contributed by atoms with Gasteiger partial charge in [0, 0.05) is 0 Å². The fourth-order valence-electron chi connectivity index (χ4n) is 3.10. The van der Waals surface area contributed by atoms with Crippen molar-refractivity contribution in [1.82, 2.24) is 4.90 Å². The van der Waals surface area contributed by atoms with E-state index >= 15 is 0 Å². The first kappa shape index (κ1) is 13.2. The van der Waals surface area contributed by atoms with Gasteiger partial charge in [-0.1, -0.05) is 42.5 Å². The topological polar surface area (TPSA) is 49.8 Å². The van der Waals surface area contributed by atoms with Gasteiger partial charge in [0.25, 0.3) is 0 Å². The van der Waals surface area contributed by atoms with Crippen LogP contribution in [-0.4, -0.2) is 34.9 Å². The summed E-state index contributed by atoms with van der Waals surface area (Å²) in [4.78, 5) is 13.9. The van der Waals surface area contributed by atoms with E-state index in [1.54, 1.807) is 4.90 Å². The lowest BCUT2D eigenvalue weighted by atomic mass is 10.0. The van der Waals surface area contributed by atoms with E-state index in [0.717, 1.165) is 24.8 Å². The number of rotatable bonds is 3.